The average Bonchev–Trinajstić information content (AvgIpc) is 2.75. The summed E-state index contributed by atoms with van der Waals surface area (Å²) in [6.07, 6.45) is 7.41. The van der Waals surface area contributed by atoms with E-state index in [1.54, 1.807) is 13.2 Å². The van der Waals surface area contributed by atoms with Gasteiger partial charge in [0.05, 0.1) is 24.8 Å². The van der Waals surface area contributed by atoms with Gasteiger partial charge in [-0.3, -0.25) is 14.5 Å². The smallest absolute Gasteiger partial charge is 0.238 e. The number of ether oxygens (including phenoxy) is 1. The number of carbonyl (C=O) groups is 2. The Labute approximate surface area is 195 Å². The van der Waals surface area contributed by atoms with E-state index in [4.69, 9.17) is 16.3 Å². The summed E-state index contributed by atoms with van der Waals surface area (Å²) in [6, 6.07) is 3.56. The van der Waals surface area contributed by atoms with E-state index in [1.807, 2.05) is 13.0 Å². The Morgan fingerprint density at radius 3 is 2.22 bits per heavy atom. The van der Waals surface area contributed by atoms with Crippen LogP contribution in [0, 0.1) is 30.1 Å². The van der Waals surface area contributed by atoms with Crippen molar-refractivity contribution in [3.8, 4) is 5.75 Å². The van der Waals surface area contributed by atoms with Gasteiger partial charge in [0.2, 0.25) is 11.8 Å². The molecule has 1 heterocycles. The van der Waals surface area contributed by atoms with E-state index in [-0.39, 0.29) is 11.3 Å². The molecule has 7 heteroatoms. The first kappa shape index (κ1) is 22.0. The zero-order valence-corrected chi connectivity index (χ0v) is 19.9. The lowest BCUT2D eigenvalue weighted by Gasteiger charge is -2.57. The van der Waals surface area contributed by atoms with Crippen LogP contribution in [0.2, 0.25) is 5.02 Å². The lowest BCUT2D eigenvalue weighted by molar-refractivity contribution is -0.159. The van der Waals surface area contributed by atoms with E-state index in [2.05, 4.69) is 15.1 Å². The number of hydrogen-bond acceptors (Lipinski definition) is 4. The molecule has 4 aliphatic carbocycles. The Morgan fingerprint density at radius 2 is 1.66 bits per heavy atom. The van der Waals surface area contributed by atoms with Crippen molar-refractivity contribution >= 4 is 29.1 Å². The van der Waals surface area contributed by atoms with E-state index < -0.39 is 0 Å². The predicted molar refractivity (Wildman–Crippen MR) is 125 cm³/mol. The normalized spacial score (nSPS) is 31.6. The van der Waals surface area contributed by atoms with E-state index >= 15 is 0 Å². The maximum Gasteiger partial charge on any atom is 0.238 e. The van der Waals surface area contributed by atoms with Gasteiger partial charge in [0.25, 0.3) is 0 Å². The molecular weight excluding hydrogens is 426 g/mol. The van der Waals surface area contributed by atoms with Crippen molar-refractivity contribution in [2.45, 2.75) is 45.4 Å². The van der Waals surface area contributed by atoms with Gasteiger partial charge in [-0.2, -0.15) is 0 Å². The maximum absolute atomic E-state index is 13.6. The number of nitrogens with zero attached hydrogens (tertiary/aromatic N) is 2. The molecular formula is C25H34ClN3O3. The van der Waals surface area contributed by atoms with Crippen molar-refractivity contribution < 1.29 is 14.3 Å². The number of halogens is 1. The van der Waals surface area contributed by atoms with Crippen LogP contribution in [0.25, 0.3) is 0 Å². The molecule has 0 unspecified atom stereocenters. The number of aryl methyl sites for hydroxylation is 1. The topological polar surface area (TPSA) is 61.9 Å². The largest absolute Gasteiger partial charge is 0.495 e. The first-order valence-corrected chi connectivity index (χ1v) is 12.4. The summed E-state index contributed by atoms with van der Waals surface area (Å²) in [7, 11) is 1.57. The molecule has 1 saturated heterocycles. The third-order valence-electron chi connectivity index (χ3n) is 8.27. The number of methoxy groups -OCH3 is 1. The van der Waals surface area contributed by atoms with Gasteiger partial charge in [-0.1, -0.05) is 11.6 Å². The summed E-state index contributed by atoms with van der Waals surface area (Å²) >= 11 is 6.16. The third kappa shape index (κ3) is 4.12. The molecule has 0 radical (unpaired) electrons. The van der Waals surface area contributed by atoms with Crippen molar-refractivity contribution in [3.05, 3.63) is 22.7 Å². The second-order valence-electron chi connectivity index (χ2n) is 10.6. The van der Waals surface area contributed by atoms with Crippen LogP contribution in [0.4, 0.5) is 5.69 Å². The summed E-state index contributed by atoms with van der Waals surface area (Å²) in [5, 5.41) is 3.57. The maximum atomic E-state index is 13.6. The van der Waals surface area contributed by atoms with Crippen LogP contribution in [0.1, 0.15) is 44.1 Å². The van der Waals surface area contributed by atoms with E-state index in [0.29, 0.717) is 28.9 Å². The second kappa shape index (κ2) is 8.53. The lowest BCUT2D eigenvalue weighted by Crippen LogP contribution is -2.58. The molecule has 0 spiro atoms. The van der Waals surface area contributed by atoms with Crippen molar-refractivity contribution in [2.24, 2.45) is 23.2 Å². The minimum atomic E-state index is -0.0779. The molecule has 2 amide bonds. The van der Waals surface area contributed by atoms with E-state index in [9.17, 15) is 9.59 Å². The molecule has 32 heavy (non-hydrogen) atoms. The number of amides is 2. The Morgan fingerprint density at radius 1 is 1.06 bits per heavy atom. The molecule has 1 N–H and O–H groups in total. The van der Waals surface area contributed by atoms with Crippen LogP contribution in [0.15, 0.2) is 12.1 Å². The molecule has 174 valence electrons. The van der Waals surface area contributed by atoms with Crippen molar-refractivity contribution in [1.29, 1.82) is 0 Å². The number of anilines is 1. The highest BCUT2D eigenvalue weighted by Crippen LogP contribution is 2.60. The van der Waals surface area contributed by atoms with Crippen molar-refractivity contribution in [2.75, 3.05) is 45.2 Å². The van der Waals surface area contributed by atoms with Gasteiger partial charge >= 0.3 is 0 Å². The highest BCUT2D eigenvalue weighted by molar-refractivity contribution is 6.31. The summed E-state index contributed by atoms with van der Waals surface area (Å²) in [4.78, 5) is 30.4. The molecule has 1 aliphatic heterocycles. The first-order valence-electron chi connectivity index (χ1n) is 12.0. The Balaban J connectivity index is 1.15. The zero-order valence-electron chi connectivity index (χ0n) is 19.2. The van der Waals surface area contributed by atoms with Gasteiger partial charge < -0.3 is 15.0 Å². The van der Waals surface area contributed by atoms with Crippen molar-refractivity contribution in [3.63, 3.8) is 0 Å². The Bertz CT molecular complexity index is 875. The fraction of sp³-hybridized carbons (Fsp3) is 0.680. The molecule has 0 atom stereocenters. The molecule has 1 aromatic rings. The average molecular weight is 460 g/mol. The highest BCUT2D eigenvalue weighted by Gasteiger charge is 2.55. The number of benzene rings is 1. The van der Waals surface area contributed by atoms with Gasteiger partial charge in [0.1, 0.15) is 5.75 Å². The van der Waals surface area contributed by atoms with Crippen LogP contribution >= 0.6 is 11.6 Å². The first-order chi connectivity index (χ1) is 15.3. The van der Waals surface area contributed by atoms with Gasteiger partial charge in [-0.15, -0.1) is 0 Å². The fourth-order valence-corrected chi connectivity index (χ4v) is 7.29. The van der Waals surface area contributed by atoms with Crippen molar-refractivity contribution in [1.82, 2.24) is 9.80 Å². The molecule has 0 aromatic heterocycles. The lowest BCUT2D eigenvalue weighted by atomic mass is 9.49. The summed E-state index contributed by atoms with van der Waals surface area (Å²) in [5.41, 5.74) is 1.45. The number of hydrogen-bond donors (Lipinski definition) is 1. The summed E-state index contributed by atoms with van der Waals surface area (Å²) in [6.45, 7) is 5.13. The Kier molecular flexibility index (Phi) is 5.87. The van der Waals surface area contributed by atoms with Gasteiger partial charge in [-0.25, -0.2) is 0 Å². The molecule has 4 bridgehead atoms. The minimum absolute atomic E-state index is 0.0721. The predicted octanol–water partition coefficient (Wildman–Crippen LogP) is 3.96. The van der Waals surface area contributed by atoms with E-state index in [1.165, 1.54) is 19.3 Å². The molecule has 5 aliphatic rings. The number of rotatable bonds is 5. The number of piperazine rings is 1. The number of nitrogens with one attached hydrogen (secondary N) is 1. The second-order valence-corrected chi connectivity index (χ2v) is 11.0. The van der Waals surface area contributed by atoms with Crippen LogP contribution < -0.4 is 10.1 Å². The Hall–Kier alpha value is -1.79. The van der Waals surface area contributed by atoms with Gasteiger partial charge in [0.15, 0.2) is 0 Å². The fourth-order valence-electron chi connectivity index (χ4n) is 7.14. The quantitative estimate of drug-likeness (QED) is 0.724. The van der Waals surface area contributed by atoms with Gasteiger partial charge in [0, 0.05) is 37.3 Å². The highest BCUT2D eigenvalue weighted by atomic mass is 35.5. The monoisotopic (exact) mass is 459 g/mol. The summed E-state index contributed by atoms with van der Waals surface area (Å²) in [5.74, 6) is 3.23. The molecule has 1 aromatic carbocycles. The van der Waals surface area contributed by atoms with Crippen LogP contribution in [-0.2, 0) is 9.59 Å². The molecule has 6 rings (SSSR count). The van der Waals surface area contributed by atoms with Crippen LogP contribution in [-0.4, -0.2) is 61.4 Å². The minimum Gasteiger partial charge on any atom is -0.495 e. The standard InChI is InChI=1S/C25H34ClN3O3/c1-16-7-21(22(32-2)11-20(16)26)27-23(30)15-28-3-5-29(6-4-28)24(31)25-12-17-8-18(13-25)10-19(9-17)14-25/h7,11,17-19H,3-6,8-10,12-15H2,1-2H3,(H,27,30). The zero-order chi connectivity index (χ0) is 22.5. The molecule has 6 nitrogen and oxygen atoms in total. The molecule has 5 fully saturated rings. The SMILES string of the molecule is COc1cc(Cl)c(C)cc1NC(=O)CN1CCN(C(=O)C23CC4CC(CC(C4)C2)C3)CC1. The van der Waals surface area contributed by atoms with Crippen LogP contribution in [0.5, 0.6) is 5.75 Å². The van der Waals surface area contributed by atoms with E-state index in [0.717, 1.165) is 68.8 Å². The van der Waals surface area contributed by atoms with Crippen LogP contribution in [0.3, 0.4) is 0 Å². The summed E-state index contributed by atoms with van der Waals surface area (Å²) < 4.78 is 5.36. The van der Waals surface area contributed by atoms with Gasteiger partial charge in [-0.05, 0) is 74.8 Å². The third-order valence-corrected chi connectivity index (χ3v) is 8.68. The number of carbonyl (C=O) groups excluding carboxylic acids is 2. The molecule has 4 saturated carbocycles.